The molecule has 2 heteroatoms. The van der Waals surface area contributed by atoms with Crippen molar-refractivity contribution in [2.24, 2.45) is 5.73 Å². The van der Waals surface area contributed by atoms with Gasteiger partial charge in [-0.15, -0.1) is 0 Å². The molecule has 0 bridgehead atoms. The lowest BCUT2D eigenvalue weighted by molar-refractivity contribution is 0.331. The molecule has 106 valence electrons. The number of unbranched alkanes of at least 4 members (excludes halogenated alkanes) is 1. The Labute approximate surface area is 118 Å². The van der Waals surface area contributed by atoms with Crippen molar-refractivity contribution in [2.75, 3.05) is 26.7 Å². The molecule has 19 heavy (non-hydrogen) atoms. The first-order chi connectivity index (χ1) is 9.29. The number of benzene rings is 1. The summed E-state index contributed by atoms with van der Waals surface area (Å²) in [6.45, 7) is 3.14. The molecule has 0 radical (unpaired) electrons. The van der Waals surface area contributed by atoms with Gasteiger partial charge in [-0.2, -0.15) is 0 Å². The lowest BCUT2D eigenvalue weighted by Crippen LogP contribution is -2.23. The molecule has 2 N–H and O–H groups in total. The van der Waals surface area contributed by atoms with Crippen molar-refractivity contribution in [2.45, 2.75) is 44.9 Å². The van der Waals surface area contributed by atoms with E-state index in [0.29, 0.717) is 0 Å². The number of aryl methyl sites for hydroxylation is 2. The van der Waals surface area contributed by atoms with E-state index in [-0.39, 0.29) is 0 Å². The predicted octanol–water partition coefficient (Wildman–Crippen LogP) is 2.78. The lowest BCUT2D eigenvalue weighted by Gasteiger charge is -2.19. The molecule has 1 aliphatic rings. The number of hydrogen-bond acceptors (Lipinski definition) is 2. The fraction of sp³-hybridized carbons (Fsp3) is 0.647. The topological polar surface area (TPSA) is 29.3 Å². The Morgan fingerprint density at radius 2 is 1.84 bits per heavy atom. The zero-order chi connectivity index (χ0) is 13.5. The van der Waals surface area contributed by atoms with Crippen molar-refractivity contribution in [3.63, 3.8) is 0 Å². The van der Waals surface area contributed by atoms with Crippen LogP contribution in [0.5, 0.6) is 0 Å². The number of rotatable bonds is 7. The highest BCUT2D eigenvalue weighted by Gasteiger charge is 2.09. The lowest BCUT2D eigenvalue weighted by atomic mass is 9.90. The van der Waals surface area contributed by atoms with Crippen LogP contribution in [0.15, 0.2) is 18.2 Å². The standard InChI is InChI=1S/C17H28N2/c1-19(12-5-4-11-18)13-10-15-8-9-16-6-2-3-7-17(16)14-15/h8-9,14H,2-7,10-13,18H2,1H3. The van der Waals surface area contributed by atoms with Gasteiger partial charge >= 0.3 is 0 Å². The van der Waals surface area contributed by atoms with E-state index in [0.717, 1.165) is 19.5 Å². The summed E-state index contributed by atoms with van der Waals surface area (Å²) < 4.78 is 0. The van der Waals surface area contributed by atoms with Gasteiger partial charge in [0.05, 0.1) is 0 Å². The summed E-state index contributed by atoms with van der Waals surface area (Å²) in [6, 6.07) is 7.14. The van der Waals surface area contributed by atoms with Gasteiger partial charge in [-0.3, -0.25) is 0 Å². The molecule has 0 atom stereocenters. The van der Waals surface area contributed by atoms with Crippen LogP contribution >= 0.6 is 0 Å². The summed E-state index contributed by atoms with van der Waals surface area (Å²) in [5.41, 5.74) is 10.2. The molecule has 0 amide bonds. The van der Waals surface area contributed by atoms with E-state index in [1.54, 1.807) is 11.1 Å². The van der Waals surface area contributed by atoms with Gasteiger partial charge < -0.3 is 10.6 Å². The minimum atomic E-state index is 0.818. The van der Waals surface area contributed by atoms with E-state index in [1.165, 1.54) is 50.6 Å². The second-order valence-electron chi connectivity index (χ2n) is 5.86. The predicted molar refractivity (Wildman–Crippen MR) is 82.6 cm³/mol. The first-order valence-electron chi connectivity index (χ1n) is 7.79. The molecule has 0 aromatic heterocycles. The van der Waals surface area contributed by atoms with E-state index in [1.807, 2.05) is 0 Å². The van der Waals surface area contributed by atoms with Gasteiger partial charge in [-0.25, -0.2) is 0 Å². The van der Waals surface area contributed by atoms with Gasteiger partial charge in [-0.1, -0.05) is 18.2 Å². The molecule has 0 saturated carbocycles. The summed E-state index contributed by atoms with van der Waals surface area (Å²) in [5, 5.41) is 0. The highest BCUT2D eigenvalue weighted by atomic mass is 15.1. The smallest absolute Gasteiger partial charge is 0.00188 e. The Kier molecular flexibility index (Phi) is 5.87. The Bertz CT molecular complexity index is 387. The summed E-state index contributed by atoms with van der Waals surface area (Å²) in [7, 11) is 2.22. The van der Waals surface area contributed by atoms with Gasteiger partial charge in [-0.05, 0) is 81.8 Å². The molecule has 0 aliphatic heterocycles. The zero-order valence-corrected chi connectivity index (χ0v) is 12.3. The molecule has 1 aromatic carbocycles. The number of fused-ring (bicyclic) bond motifs is 1. The molecular weight excluding hydrogens is 232 g/mol. The number of nitrogens with zero attached hydrogens (tertiary/aromatic N) is 1. The second kappa shape index (κ2) is 7.66. The highest BCUT2D eigenvalue weighted by Crippen LogP contribution is 2.22. The summed E-state index contributed by atoms with van der Waals surface area (Å²) in [6.07, 6.45) is 8.85. The van der Waals surface area contributed by atoms with Crippen LogP contribution in [0.25, 0.3) is 0 Å². The fourth-order valence-corrected chi connectivity index (χ4v) is 2.90. The summed E-state index contributed by atoms with van der Waals surface area (Å²) >= 11 is 0. The maximum Gasteiger partial charge on any atom is 0.00188 e. The molecular formula is C17H28N2. The Morgan fingerprint density at radius 1 is 1.05 bits per heavy atom. The monoisotopic (exact) mass is 260 g/mol. The molecule has 0 spiro atoms. The normalized spacial score (nSPS) is 14.7. The zero-order valence-electron chi connectivity index (χ0n) is 12.3. The average Bonchev–Trinajstić information content (AvgIpc) is 2.45. The second-order valence-corrected chi connectivity index (χ2v) is 5.86. The van der Waals surface area contributed by atoms with Crippen LogP contribution in [-0.4, -0.2) is 31.6 Å². The van der Waals surface area contributed by atoms with E-state index < -0.39 is 0 Å². The third-order valence-electron chi connectivity index (χ3n) is 4.19. The van der Waals surface area contributed by atoms with E-state index in [2.05, 4.69) is 30.1 Å². The molecule has 2 nitrogen and oxygen atoms in total. The van der Waals surface area contributed by atoms with Gasteiger partial charge in [0.2, 0.25) is 0 Å². The van der Waals surface area contributed by atoms with Gasteiger partial charge in [0.1, 0.15) is 0 Å². The van der Waals surface area contributed by atoms with E-state index >= 15 is 0 Å². The quantitative estimate of drug-likeness (QED) is 0.764. The molecule has 0 saturated heterocycles. The Balaban J connectivity index is 1.79. The molecule has 0 fully saturated rings. The van der Waals surface area contributed by atoms with Crippen molar-refractivity contribution in [3.8, 4) is 0 Å². The van der Waals surface area contributed by atoms with E-state index in [4.69, 9.17) is 5.73 Å². The van der Waals surface area contributed by atoms with Crippen LogP contribution in [0.2, 0.25) is 0 Å². The fourth-order valence-electron chi connectivity index (χ4n) is 2.90. The molecule has 1 aromatic rings. The van der Waals surface area contributed by atoms with Crippen LogP contribution in [0.4, 0.5) is 0 Å². The maximum absolute atomic E-state index is 5.53. The first kappa shape index (κ1) is 14.5. The Morgan fingerprint density at radius 3 is 2.63 bits per heavy atom. The summed E-state index contributed by atoms with van der Waals surface area (Å²) in [5.74, 6) is 0. The van der Waals surface area contributed by atoms with Crippen molar-refractivity contribution in [1.29, 1.82) is 0 Å². The van der Waals surface area contributed by atoms with Crippen LogP contribution in [-0.2, 0) is 19.3 Å². The number of hydrogen-bond donors (Lipinski definition) is 1. The minimum Gasteiger partial charge on any atom is -0.330 e. The van der Waals surface area contributed by atoms with Crippen molar-refractivity contribution < 1.29 is 0 Å². The third-order valence-corrected chi connectivity index (χ3v) is 4.19. The Hall–Kier alpha value is -0.860. The molecule has 2 rings (SSSR count). The molecule has 0 unspecified atom stereocenters. The van der Waals surface area contributed by atoms with E-state index in [9.17, 15) is 0 Å². The van der Waals surface area contributed by atoms with Crippen LogP contribution in [0.1, 0.15) is 42.4 Å². The largest absolute Gasteiger partial charge is 0.330 e. The van der Waals surface area contributed by atoms with Crippen molar-refractivity contribution in [3.05, 3.63) is 34.9 Å². The van der Waals surface area contributed by atoms with Crippen molar-refractivity contribution in [1.82, 2.24) is 4.90 Å². The van der Waals surface area contributed by atoms with Gasteiger partial charge in [0.15, 0.2) is 0 Å². The number of nitrogens with two attached hydrogens (primary N) is 1. The average molecular weight is 260 g/mol. The third kappa shape index (κ3) is 4.63. The summed E-state index contributed by atoms with van der Waals surface area (Å²) in [4.78, 5) is 2.43. The van der Waals surface area contributed by atoms with Crippen molar-refractivity contribution >= 4 is 0 Å². The molecule has 0 heterocycles. The van der Waals surface area contributed by atoms with Crippen LogP contribution < -0.4 is 5.73 Å². The molecule has 1 aliphatic carbocycles. The first-order valence-corrected chi connectivity index (χ1v) is 7.79. The van der Waals surface area contributed by atoms with Gasteiger partial charge in [0, 0.05) is 6.54 Å². The maximum atomic E-state index is 5.53. The van der Waals surface area contributed by atoms with Crippen LogP contribution in [0.3, 0.4) is 0 Å². The highest BCUT2D eigenvalue weighted by molar-refractivity contribution is 5.33. The SMILES string of the molecule is CN(CCCCN)CCc1ccc2c(c1)CCCC2. The van der Waals surface area contributed by atoms with Gasteiger partial charge in [0.25, 0.3) is 0 Å². The van der Waals surface area contributed by atoms with Crippen LogP contribution in [0, 0.1) is 0 Å². The minimum absolute atomic E-state index is 0.818. The number of likely N-dealkylation sites (N-methyl/N-ethyl adjacent to an activating group) is 1.